The standard InChI is InChI=1S/C16H22N2/c1-2-6-14-9-10-18(13-17)16(11-14)12-15-7-4-3-5-8-15/h9-12,15H,3-5,7-8,13,17H2,1H3/b16-12-. The van der Waals surface area contributed by atoms with Crippen molar-refractivity contribution in [1.82, 2.24) is 4.90 Å². The van der Waals surface area contributed by atoms with Gasteiger partial charge in [-0.1, -0.05) is 31.3 Å². The Hall–Kier alpha value is -1.46. The van der Waals surface area contributed by atoms with Crippen LogP contribution in [-0.4, -0.2) is 11.6 Å². The first-order valence-electron chi connectivity index (χ1n) is 6.84. The summed E-state index contributed by atoms with van der Waals surface area (Å²) >= 11 is 0. The van der Waals surface area contributed by atoms with Crippen LogP contribution in [0.15, 0.2) is 35.7 Å². The molecule has 1 aliphatic heterocycles. The smallest absolute Gasteiger partial charge is 0.0700 e. The van der Waals surface area contributed by atoms with E-state index < -0.39 is 0 Å². The Morgan fingerprint density at radius 1 is 1.39 bits per heavy atom. The molecule has 1 aliphatic carbocycles. The minimum absolute atomic E-state index is 0.526. The Kier molecular flexibility index (Phi) is 4.66. The number of nitrogens with two attached hydrogens (primary N) is 1. The van der Waals surface area contributed by atoms with Gasteiger partial charge in [0, 0.05) is 17.5 Å². The second kappa shape index (κ2) is 6.47. The third-order valence-electron chi connectivity index (χ3n) is 3.59. The number of nitrogens with zero attached hydrogens (tertiary/aromatic N) is 1. The van der Waals surface area contributed by atoms with Gasteiger partial charge in [0.25, 0.3) is 0 Å². The molecule has 0 aromatic rings. The van der Waals surface area contributed by atoms with Crippen LogP contribution in [0.5, 0.6) is 0 Å². The molecule has 0 aromatic heterocycles. The van der Waals surface area contributed by atoms with E-state index >= 15 is 0 Å². The van der Waals surface area contributed by atoms with E-state index in [1.54, 1.807) is 0 Å². The fourth-order valence-electron chi connectivity index (χ4n) is 2.62. The molecule has 0 bridgehead atoms. The van der Waals surface area contributed by atoms with Gasteiger partial charge in [-0.15, -0.1) is 5.92 Å². The van der Waals surface area contributed by atoms with Crippen molar-refractivity contribution in [3.8, 4) is 11.8 Å². The van der Waals surface area contributed by atoms with Crippen LogP contribution < -0.4 is 5.73 Å². The lowest BCUT2D eigenvalue weighted by atomic mass is 9.88. The lowest BCUT2D eigenvalue weighted by Crippen LogP contribution is -2.25. The van der Waals surface area contributed by atoms with E-state index in [0.717, 1.165) is 5.57 Å². The molecular weight excluding hydrogens is 220 g/mol. The highest BCUT2D eigenvalue weighted by molar-refractivity contribution is 5.46. The third-order valence-corrected chi connectivity index (χ3v) is 3.59. The summed E-state index contributed by atoms with van der Waals surface area (Å²) in [5.41, 5.74) is 8.07. The minimum atomic E-state index is 0.526. The van der Waals surface area contributed by atoms with Gasteiger partial charge in [-0.2, -0.15) is 0 Å². The van der Waals surface area contributed by atoms with Crippen LogP contribution >= 0.6 is 0 Å². The first-order valence-corrected chi connectivity index (χ1v) is 6.84. The van der Waals surface area contributed by atoms with Crippen molar-refractivity contribution in [3.63, 3.8) is 0 Å². The van der Waals surface area contributed by atoms with Gasteiger partial charge in [-0.25, -0.2) is 0 Å². The van der Waals surface area contributed by atoms with Gasteiger partial charge in [0.15, 0.2) is 0 Å². The minimum Gasteiger partial charge on any atom is -0.335 e. The van der Waals surface area contributed by atoms with Gasteiger partial charge in [0.2, 0.25) is 0 Å². The summed E-state index contributed by atoms with van der Waals surface area (Å²) < 4.78 is 0. The highest BCUT2D eigenvalue weighted by Crippen LogP contribution is 2.27. The summed E-state index contributed by atoms with van der Waals surface area (Å²) in [6, 6.07) is 0. The topological polar surface area (TPSA) is 29.3 Å². The van der Waals surface area contributed by atoms with E-state index in [-0.39, 0.29) is 0 Å². The zero-order valence-electron chi connectivity index (χ0n) is 11.2. The molecule has 2 rings (SSSR count). The second-order valence-corrected chi connectivity index (χ2v) is 4.93. The molecule has 2 nitrogen and oxygen atoms in total. The van der Waals surface area contributed by atoms with Crippen molar-refractivity contribution in [2.45, 2.75) is 39.0 Å². The Bertz CT molecular complexity index is 426. The summed E-state index contributed by atoms with van der Waals surface area (Å²) in [6.45, 7) is 2.40. The van der Waals surface area contributed by atoms with Gasteiger partial charge in [-0.3, -0.25) is 0 Å². The van der Waals surface area contributed by atoms with Crippen molar-refractivity contribution in [2.75, 3.05) is 6.67 Å². The van der Waals surface area contributed by atoms with Crippen LogP contribution in [0.3, 0.4) is 0 Å². The Morgan fingerprint density at radius 3 is 2.83 bits per heavy atom. The fraction of sp³-hybridized carbons (Fsp3) is 0.500. The molecule has 0 spiro atoms. The van der Waals surface area contributed by atoms with Crippen LogP contribution in [0, 0.1) is 17.8 Å². The predicted molar refractivity (Wildman–Crippen MR) is 76.2 cm³/mol. The lowest BCUT2D eigenvalue weighted by molar-refractivity contribution is 0.406. The van der Waals surface area contributed by atoms with Crippen molar-refractivity contribution in [1.29, 1.82) is 0 Å². The molecule has 1 fully saturated rings. The first-order chi connectivity index (χ1) is 8.83. The van der Waals surface area contributed by atoms with Gasteiger partial charge in [0.05, 0.1) is 6.67 Å². The maximum absolute atomic E-state index is 5.79. The van der Waals surface area contributed by atoms with Crippen LogP contribution in [0.1, 0.15) is 39.0 Å². The molecule has 0 unspecified atom stereocenters. The van der Waals surface area contributed by atoms with Crippen molar-refractivity contribution >= 4 is 0 Å². The van der Waals surface area contributed by atoms with Crippen molar-refractivity contribution in [2.24, 2.45) is 11.7 Å². The van der Waals surface area contributed by atoms with Crippen LogP contribution in [0.4, 0.5) is 0 Å². The molecule has 1 heterocycles. The summed E-state index contributed by atoms with van der Waals surface area (Å²) in [5.74, 6) is 6.77. The number of allylic oxidation sites excluding steroid dienone is 4. The molecule has 1 saturated carbocycles. The molecule has 0 aromatic carbocycles. The van der Waals surface area contributed by atoms with Crippen molar-refractivity contribution < 1.29 is 0 Å². The molecule has 0 atom stereocenters. The van der Waals surface area contributed by atoms with E-state index in [9.17, 15) is 0 Å². The Labute approximate surface area is 110 Å². The summed E-state index contributed by atoms with van der Waals surface area (Å²) in [4.78, 5) is 2.09. The molecular formula is C16H22N2. The van der Waals surface area contributed by atoms with E-state index in [0.29, 0.717) is 12.6 Å². The molecule has 2 N–H and O–H groups in total. The van der Waals surface area contributed by atoms with Crippen LogP contribution in [0.25, 0.3) is 0 Å². The number of hydrogen-bond acceptors (Lipinski definition) is 2. The fourth-order valence-corrected chi connectivity index (χ4v) is 2.62. The molecule has 2 heteroatoms. The molecule has 18 heavy (non-hydrogen) atoms. The average Bonchev–Trinajstić information content (AvgIpc) is 2.41. The predicted octanol–water partition coefficient (Wildman–Crippen LogP) is 3.15. The molecule has 2 aliphatic rings. The maximum Gasteiger partial charge on any atom is 0.0700 e. The van der Waals surface area contributed by atoms with Gasteiger partial charge in [-0.05, 0) is 37.8 Å². The average molecular weight is 242 g/mol. The highest BCUT2D eigenvalue weighted by Gasteiger charge is 2.14. The van der Waals surface area contributed by atoms with Gasteiger partial charge >= 0.3 is 0 Å². The Balaban J connectivity index is 2.17. The Morgan fingerprint density at radius 2 is 2.17 bits per heavy atom. The molecule has 0 amide bonds. The molecule has 96 valence electrons. The quantitative estimate of drug-likeness (QED) is 0.754. The van der Waals surface area contributed by atoms with Gasteiger partial charge in [0.1, 0.15) is 0 Å². The normalized spacial score (nSPS) is 22.7. The van der Waals surface area contributed by atoms with E-state index in [2.05, 4.69) is 28.9 Å². The molecule has 0 saturated heterocycles. The number of hydrogen-bond donors (Lipinski definition) is 1. The van der Waals surface area contributed by atoms with E-state index in [4.69, 9.17) is 5.73 Å². The zero-order valence-corrected chi connectivity index (χ0v) is 11.2. The van der Waals surface area contributed by atoms with E-state index in [1.807, 2.05) is 19.2 Å². The number of rotatable bonds is 2. The summed E-state index contributed by atoms with van der Waals surface area (Å²) in [7, 11) is 0. The summed E-state index contributed by atoms with van der Waals surface area (Å²) in [6.07, 6.45) is 15.3. The van der Waals surface area contributed by atoms with Crippen LogP contribution in [-0.2, 0) is 0 Å². The van der Waals surface area contributed by atoms with Gasteiger partial charge < -0.3 is 10.6 Å². The van der Waals surface area contributed by atoms with Crippen LogP contribution in [0.2, 0.25) is 0 Å². The second-order valence-electron chi connectivity index (χ2n) is 4.93. The summed E-state index contributed by atoms with van der Waals surface area (Å²) in [5, 5.41) is 0. The zero-order chi connectivity index (χ0) is 12.8. The van der Waals surface area contributed by atoms with E-state index in [1.165, 1.54) is 37.8 Å². The first kappa shape index (κ1) is 13.0. The lowest BCUT2D eigenvalue weighted by Gasteiger charge is -2.26. The molecule has 0 radical (unpaired) electrons. The third kappa shape index (κ3) is 3.27. The van der Waals surface area contributed by atoms with Crippen molar-refractivity contribution in [3.05, 3.63) is 35.7 Å². The SMILES string of the molecule is CC#CC1=C/C(=C/C2CCCCC2)N(CN)C=C1. The highest BCUT2D eigenvalue weighted by atomic mass is 15.2. The monoisotopic (exact) mass is 242 g/mol. The largest absolute Gasteiger partial charge is 0.335 e. The maximum atomic E-state index is 5.79.